The third-order valence-electron chi connectivity index (χ3n) is 1.73. The van der Waals surface area contributed by atoms with Crippen LogP contribution in [-0.2, 0) is 0 Å². The van der Waals surface area contributed by atoms with Gasteiger partial charge in [-0.05, 0) is 0 Å². The van der Waals surface area contributed by atoms with E-state index < -0.39 is 0 Å². The molecule has 0 heterocycles. The third kappa shape index (κ3) is 8.27. The van der Waals surface area contributed by atoms with E-state index in [1.165, 1.54) is 15.8 Å². The lowest BCUT2D eigenvalue weighted by Crippen LogP contribution is -2.04. The summed E-state index contributed by atoms with van der Waals surface area (Å²) in [7, 11) is 0. The lowest BCUT2D eigenvalue weighted by Gasteiger charge is -1.97. The van der Waals surface area contributed by atoms with Gasteiger partial charge < -0.3 is 0 Å². The van der Waals surface area contributed by atoms with Crippen molar-refractivity contribution in [3.05, 3.63) is 13.2 Å². The average Bonchev–Trinajstić information content (AvgIpc) is 1.96. The van der Waals surface area contributed by atoms with Crippen molar-refractivity contribution in [3.63, 3.8) is 0 Å². The van der Waals surface area contributed by atoms with E-state index in [0.717, 1.165) is 0 Å². The zero-order chi connectivity index (χ0) is 7.70. The van der Waals surface area contributed by atoms with Crippen LogP contribution in [-0.4, -0.2) is 14.1 Å². The Hall–Kier alpha value is 0.272. The minimum absolute atomic E-state index is 0.171. The quantitative estimate of drug-likeness (QED) is 0.419. The molecule has 0 aliphatic carbocycles. The van der Waals surface area contributed by atoms with Crippen LogP contribution in [0.1, 0.15) is 20.8 Å². The van der Waals surface area contributed by atoms with Gasteiger partial charge in [0.15, 0.2) is 0 Å². The molecule has 0 nitrogen and oxygen atoms in total. The second kappa shape index (κ2) is 11.1. The van der Waals surface area contributed by atoms with Crippen molar-refractivity contribution in [1.29, 1.82) is 0 Å². The fourth-order valence-corrected chi connectivity index (χ4v) is 2.60. The summed E-state index contributed by atoms with van der Waals surface area (Å²) in [5.74, 6) is 0. The Kier molecular flexibility index (Phi) is 14.8. The monoisotopic (exact) mass is 142 g/mol. The normalized spacial score (nSPS) is 7.44. The van der Waals surface area contributed by atoms with Gasteiger partial charge in [-0.25, -0.2) is 0 Å². The van der Waals surface area contributed by atoms with Gasteiger partial charge in [0.05, 0.1) is 0 Å². The van der Waals surface area contributed by atoms with E-state index in [2.05, 4.69) is 33.9 Å². The van der Waals surface area contributed by atoms with Crippen molar-refractivity contribution in [2.45, 2.75) is 36.6 Å². The summed E-state index contributed by atoms with van der Waals surface area (Å²) in [6.45, 7) is 13.0. The molecule has 0 aliphatic rings. The SMILES string of the molecule is C=C.C[CH2][Al]([CH2]C)[CH2]C. The summed E-state index contributed by atoms with van der Waals surface area (Å²) in [4.78, 5) is 0. The smallest absolute Gasteiger partial charge is 0.106 e. The maximum Gasteiger partial charge on any atom is 0.261 e. The van der Waals surface area contributed by atoms with E-state index in [0.29, 0.717) is 0 Å². The molecule has 54 valence electrons. The first-order valence-corrected chi connectivity index (χ1v) is 6.30. The number of hydrogen-bond acceptors (Lipinski definition) is 0. The van der Waals surface area contributed by atoms with Crippen molar-refractivity contribution in [1.82, 2.24) is 0 Å². The summed E-state index contributed by atoms with van der Waals surface area (Å²) < 4.78 is 0. The molecule has 9 heavy (non-hydrogen) atoms. The largest absolute Gasteiger partial charge is 0.261 e. The molecule has 0 aromatic rings. The van der Waals surface area contributed by atoms with Crippen LogP contribution in [0.3, 0.4) is 0 Å². The van der Waals surface area contributed by atoms with Gasteiger partial charge in [-0.1, -0.05) is 36.6 Å². The molecule has 0 aromatic heterocycles. The maximum atomic E-state index is 3.00. The fraction of sp³-hybridized carbons (Fsp3) is 0.750. The molecular weight excluding hydrogens is 123 g/mol. The van der Waals surface area contributed by atoms with Gasteiger partial charge in [0.25, 0.3) is 14.1 Å². The Bertz CT molecular complexity index is 34.3. The zero-order valence-corrected chi connectivity index (χ0v) is 8.27. The molecule has 0 N–H and O–H groups in total. The lowest BCUT2D eigenvalue weighted by molar-refractivity contribution is 1.24. The van der Waals surface area contributed by atoms with Crippen molar-refractivity contribution in [2.24, 2.45) is 0 Å². The van der Waals surface area contributed by atoms with Crippen LogP contribution >= 0.6 is 0 Å². The van der Waals surface area contributed by atoms with E-state index in [9.17, 15) is 0 Å². The van der Waals surface area contributed by atoms with Crippen molar-refractivity contribution >= 4 is 14.1 Å². The Labute approximate surface area is 64.4 Å². The topological polar surface area (TPSA) is 0 Å². The lowest BCUT2D eigenvalue weighted by atomic mass is 10.9. The summed E-state index contributed by atoms with van der Waals surface area (Å²) in [6, 6.07) is 0. The highest BCUT2D eigenvalue weighted by atomic mass is 27.2. The molecule has 0 unspecified atom stereocenters. The van der Waals surface area contributed by atoms with Gasteiger partial charge in [0.2, 0.25) is 0 Å². The van der Waals surface area contributed by atoms with Crippen LogP contribution < -0.4 is 0 Å². The molecule has 0 rings (SSSR count). The molecule has 0 spiro atoms. The maximum absolute atomic E-state index is 3.00. The average molecular weight is 142 g/mol. The predicted molar refractivity (Wildman–Crippen MR) is 48.5 cm³/mol. The Morgan fingerprint density at radius 1 is 0.889 bits per heavy atom. The van der Waals surface area contributed by atoms with Crippen LogP contribution in [0, 0.1) is 0 Å². The molecule has 0 bridgehead atoms. The molecule has 0 aromatic carbocycles. The van der Waals surface area contributed by atoms with Crippen molar-refractivity contribution < 1.29 is 0 Å². The fourth-order valence-electron chi connectivity index (χ4n) is 0.866. The van der Waals surface area contributed by atoms with E-state index in [4.69, 9.17) is 0 Å². The highest BCUT2D eigenvalue weighted by molar-refractivity contribution is 6.58. The summed E-state index contributed by atoms with van der Waals surface area (Å²) in [6.07, 6.45) is 0. The van der Waals surface area contributed by atoms with Crippen LogP contribution in [0.4, 0.5) is 0 Å². The molecule has 0 atom stereocenters. The van der Waals surface area contributed by atoms with Crippen LogP contribution in [0.15, 0.2) is 13.2 Å². The van der Waals surface area contributed by atoms with Crippen LogP contribution in [0.25, 0.3) is 0 Å². The predicted octanol–water partition coefficient (Wildman–Crippen LogP) is 3.34. The van der Waals surface area contributed by atoms with Gasteiger partial charge in [-0.3, -0.25) is 0 Å². The van der Waals surface area contributed by atoms with Gasteiger partial charge in [0.1, 0.15) is 0 Å². The Balaban J connectivity index is 0. The minimum atomic E-state index is -0.171. The van der Waals surface area contributed by atoms with Gasteiger partial charge >= 0.3 is 0 Å². The molecular formula is C8H19Al. The second-order valence-electron chi connectivity index (χ2n) is 2.09. The molecule has 0 saturated carbocycles. The van der Waals surface area contributed by atoms with E-state index in [1.54, 1.807) is 0 Å². The first kappa shape index (κ1) is 12.0. The summed E-state index contributed by atoms with van der Waals surface area (Å²) >= 11 is -0.171. The molecule has 1 heteroatoms. The van der Waals surface area contributed by atoms with Crippen LogP contribution in [0.5, 0.6) is 0 Å². The number of hydrogen-bond donors (Lipinski definition) is 0. The van der Waals surface area contributed by atoms with E-state index >= 15 is 0 Å². The first-order valence-electron chi connectivity index (χ1n) is 3.85. The highest BCUT2D eigenvalue weighted by Crippen LogP contribution is 2.01. The van der Waals surface area contributed by atoms with Crippen molar-refractivity contribution in [2.75, 3.05) is 0 Å². The molecule has 0 amide bonds. The van der Waals surface area contributed by atoms with Gasteiger partial charge in [0, 0.05) is 0 Å². The zero-order valence-electron chi connectivity index (χ0n) is 7.11. The highest BCUT2D eigenvalue weighted by Gasteiger charge is 2.05. The minimum Gasteiger partial charge on any atom is -0.106 e. The third-order valence-corrected chi connectivity index (χ3v) is 5.20. The van der Waals surface area contributed by atoms with Crippen molar-refractivity contribution in [3.8, 4) is 0 Å². The molecule has 0 fully saturated rings. The summed E-state index contributed by atoms with van der Waals surface area (Å²) in [5.41, 5.74) is 0. The van der Waals surface area contributed by atoms with E-state index in [-0.39, 0.29) is 14.1 Å². The number of rotatable bonds is 3. The van der Waals surface area contributed by atoms with Gasteiger partial charge in [-0.15, -0.1) is 13.2 Å². The second-order valence-corrected chi connectivity index (χ2v) is 6.27. The Morgan fingerprint density at radius 3 is 1.11 bits per heavy atom. The first-order chi connectivity index (χ1) is 4.35. The molecule has 0 aliphatic heterocycles. The molecule has 0 radical (unpaired) electrons. The molecule has 0 saturated heterocycles. The standard InChI is InChI=1S/3C2H5.C2H4.Al/c4*1-2;/h3*1H2,2H3;1-2H2;. The summed E-state index contributed by atoms with van der Waals surface area (Å²) in [5, 5.41) is 4.48. The van der Waals surface area contributed by atoms with E-state index in [1.807, 2.05) is 0 Å². The van der Waals surface area contributed by atoms with Crippen LogP contribution in [0.2, 0.25) is 15.8 Å². The van der Waals surface area contributed by atoms with Gasteiger partial charge in [-0.2, -0.15) is 0 Å². The Morgan fingerprint density at radius 2 is 1.11 bits per heavy atom.